The number of H-pyrrole nitrogens is 1. The quantitative estimate of drug-likeness (QED) is 0.281. The highest BCUT2D eigenvalue weighted by Gasteiger charge is 2.25. The van der Waals surface area contributed by atoms with E-state index in [4.69, 9.17) is 23.2 Å². The van der Waals surface area contributed by atoms with Crippen LogP contribution in [0, 0.1) is 19.7 Å². The Morgan fingerprint density at radius 1 is 1.03 bits per heavy atom. The van der Waals surface area contributed by atoms with Crippen molar-refractivity contribution in [3.63, 3.8) is 0 Å². The van der Waals surface area contributed by atoms with Crippen molar-refractivity contribution in [2.75, 3.05) is 16.8 Å². The van der Waals surface area contributed by atoms with Crippen molar-refractivity contribution in [1.82, 2.24) is 4.98 Å². The van der Waals surface area contributed by atoms with Crippen molar-refractivity contribution in [2.24, 2.45) is 0 Å². The molecule has 1 aliphatic heterocycles. The second-order valence-corrected chi connectivity index (χ2v) is 9.83. The molecule has 182 valence electrons. The maximum absolute atomic E-state index is 13.3. The van der Waals surface area contributed by atoms with Crippen LogP contribution in [-0.4, -0.2) is 17.4 Å². The summed E-state index contributed by atoms with van der Waals surface area (Å²) in [6.07, 6.45) is 2.17. The Hall–Kier alpha value is -3.54. The van der Waals surface area contributed by atoms with Gasteiger partial charge in [0.2, 0.25) is 0 Å². The van der Waals surface area contributed by atoms with E-state index in [1.54, 1.807) is 0 Å². The van der Waals surface area contributed by atoms with Gasteiger partial charge in [0.15, 0.2) is 0 Å². The van der Waals surface area contributed by atoms with Crippen molar-refractivity contribution in [1.29, 1.82) is 0 Å². The Balaban J connectivity index is 1.49. The summed E-state index contributed by atoms with van der Waals surface area (Å²) in [5.41, 5.74) is 8.69. The Morgan fingerprint density at radius 3 is 2.50 bits per heavy atom. The fraction of sp³-hybridized carbons (Fsp3) is 0.138. The number of carbonyl (C=O) groups is 1. The molecule has 4 nitrogen and oxygen atoms in total. The number of fused-ring (bicyclic) bond motifs is 1. The molecule has 3 aromatic carbocycles. The first-order valence-corrected chi connectivity index (χ1v) is 12.3. The predicted molar refractivity (Wildman–Crippen MR) is 146 cm³/mol. The number of amides is 1. The molecule has 0 unspecified atom stereocenters. The number of hydrogen-bond acceptors (Lipinski definition) is 2. The summed E-state index contributed by atoms with van der Waals surface area (Å²) in [5, 5.41) is 4.00. The molecular weight excluding hydrogens is 496 g/mol. The van der Waals surface area contributed by atoms with Gasteiger partial charge in [0.25, 0.3) is 5.91 Å². The van der Waals surface area contributed by atoms with E-state index >= 15 is 0 Å². The maximum atomic E-state index is 13.3. The first-order chi connectivity index (χ1) is 17.3. The number of aryl methyl sites for hydroxylation is 2. The van der Waals surface area contributed by atoms with E-state index < -0.39 is 0 Å². The summed E-state index contributed by atoms with van der Waals surface area (Å²) < 4.78 is 13.3. The summed E-state index contributed by atoms with van der Waals surface area (Å²) in [6.45, 7) is 5.48. The Morgan fingerprint density at radius 2 is 1.81 bits per heavy atom. The van der Waals surface area contributed by atoms with Crippen LogP contribution in [-0.2, 0) is 6.54 Å². The van der Waals surface area contributed by atoms with Gasteiger partial charge in [-0.25, -0.2) is 4.39 Å². The highest BCUT2D eigenvalue weighted by atomic mass is 35.5. The van der Waals surface area contributed by atoms with Gasteiger partial charge in [-0.2, -0.15) is 0 Å². The molecule has 0 aliphatic carbocycles. The van der Waals surface area contributed by atoms with Crippen LogP contribution < -0.4 is 10.2 Å². The minimum Gasteiger partial charge on any atom is -0.362 e. The average Bonchev–Trinajstić information content (AvgIpc) is 3.34. The Kier molecular flexibility index (Phi) is 6.61. The molecular formula is C29H24Cl2FN3O. The van der Waals surface area contributed by atoms with Crippen LogP contribution in [0.1, 0.15) is 38.4 Å². The third kappa shape index (κ3) is 5.03. The number of carbonyl (C=O) groups excluding carboxylic acids is 1. The number of hydrogen-bond donors (Lipinski definition) is 2. The van der Waals surface area contributed by atoms with Gasteiger partial charge in [0.1, 0.15) is 5.82 Å². The van der Waals surface area contributed by atoms with Crippen molar-refractivity contribution in [2.45, 2.75) is 20.4 Å². The van der Waals surface area contributed by atoms with E-state index in [-0.39, 0.29) is 11.7 Å². The lowest BCUT2D eigenvalue weighted by atomic mass is 10.0. The minimum atomic E-state index is -0.379. The largest absolute Gasteiger partial charge is 0.362 e. The molecule has 0 bridgehead atoms. The Bertz CT molecular complexity index is 1490. The average molecular weight is 520 g/mol. The molecule has 4 aromatic rings. The molecule has 0 atom stereocenters. The number of nitrogens with one attached hydrogen (secondary N) is 2. The van der Waals surface area contributed by atoms with Crippen LogP contribution in [0.25, 0.3) is 11.6 Å². The third-order valence-corrected chi connectivity index (χ3v) is 7.01. The molecule has 1 amide bonds. The summed E-state index contributed by atoms with van der Waals surface area (Å²) in [5.74, 6) is -0.669. The molecule has 5 rings (SSSR count). The van der Waals surface area contributed by atoms with E-state index in [0.717, 1.165) is 33.8 Å². The summed E-state index contributed by atoms with van der Waals surface area (Å²) >= 11 is 12.4. The zero-order chi connectivity index (χ0) is 25.4. The second-order valence-electron chi connectivity index (χ2n) is 9.02. The van der Waals surface area contributed by atoms with Crippen LogP contribution in [0.15, 0.2) is 66.7 Å². The fourth-order valence-corrected chi connectivity index (χ4v) is 4.84. The van der Waals surface area contributed by atoms with E-state index in [9.17, 15) is 9.18 Å². The van der Waals surface area contributed by atoms with E-state index in [0.29, 0.717) is 34.4 Å². The Labute approximate surface area is 219 Å². The number of rotatable bonds is 5. The van der Waals surface area contributed by atoms with Gasteiger partial charge in [-0.15, -0.1) is 0 Å². The van der Waals surface area contributed by atoms with Crippen LogP contribution in [0.5, 0.6) is 0 Å². The van der Waals surface area contributed by atoms with Gasteiger partial charge in [-0.3, -0.25) is 4.79 Å². The molecule has 36 heavy (non-hydrogen) atoms. The van der Waals surface area contributed by atoms with E-state index in [1.807, 2.05) is 43.3 Å². The number of nitrogens with zero attached hydrogens (tertiary/aromatic N) is 1. The topological polar surface area (TPSA) is 48.1 Å². The van der Waals surface area contributed by atoms with Crippen LogP contribution in [0.3, 0.4) is 0 Å². The van der Waals surface area contributed by atoms with E-state index in [1.165, 1.54) is 29.8 Å². The van der Waals surface area contributed by atoms with Gasteiger partial charge in [0.05, 0.1) is 10.0 Å². The van der Waals surface area contributed by atoms with Crippen LogP contribution in [0.4, 0.5) is 15.8 Å². The van der Waals surface area contributed by atoms with Crippen molar-refractivity contribution in [3.05, 3.63) is 116 Å². The van der Waals surface area contributed by atoms with Gasteiger partial charge < -0.3 is 15.2 Å². The lowest BCUT2D eigenvalue weighted by molar-refractivity contribution is 0.102. The van der Waals surface area contributed by atoms with Crippen LogP contribution in [0.2, 0.25) is 10.0 Å². The number of anilines is 2. The SMILES string of the molecule is Cc1cc(C)c(/C=C2\CN(Cc3ccc(Cl)c(Cl)c3)c3ccc(NC(=O)c4ccc(F)cc4)cc32)[nH]1. The maximum Gasteiger partial charge on any atom is 0.255 e. The fourth-order valence-electron chi connectivity index (χ4n) is 4.52. The van der Waals surface area contributed by atoms with Gasteiger partial charge >= 0.3 is 0 Å². The molecule has 0 spiro atoms. The third-order valence-electron chi connectivity index (χ3n) is 6.27. The molecule has 1 aliphatic rings. The second kappa shape index (κ2) is 9.84. The zero-order valence-corrected chi connectivity index (χ0v) is 21.3. The van der Waals surface area contributed by atoms with Crippen molar-refractivity contribution >= 4 is 52.1 Å². The lowest BCUT2D eigenvalue weighted by Crippen LogP contribution is -2.19. The molecule has 0 fully saturated rings. The summed E-state index contributed by atoms with van der Waals surface area (Å²) in [6, 6.07) is 19.2. The monoisotopic (exact) mass is 519 g/mol. The summed E-state index contributed by atoms with van der Waals surface area (Å²) in [7, 11) is 0. The number of aromatic nitrogens is 1. The van der Waals surface area contributed by atoms with Gasteiger partial charge in [-0.05, 0) is 97.3 Å². The molecule has 2 heterocycles. The lowest BCUT2D eigenvalue weighted by Gasteiger charge is -2.20. The van der Waals surface area contributed by atoms with Gasteiger partial charge in [0, 0.05) is 47.0 Å². The predicted octanol–water partition coefficient (Wildman–Crippen LogP) is 7.89. The first kappa shape index (κ1) is 24.2. The minimum absolute atomic E-state index is 0.290. The molecule has 0 saturated carbocycles. The highest BCUT2D eigenvalue weighted by Crippen LogP contribution is 2.40. The van der Waals surface area contributed by atoms with Crippen LogP contribution >= 0.6 is 23.2 Å². The first-order valence-electron chi connectivity index (χ1n) is 11.5. The van der Waals surface area contributed by atoms with Crippen molar-refractivity contribution in [3.8, 4) is 0 Å². The highest BCUT2D eigenvalue weighted by molar-refractivity contribution is 6.42. The van der Waals surface area contributed by atoms with E-state index in [2.05, 4.69) is 34.3 Å². The molecule has 7 heteroatoms. The molecule has 0 saturated heterocycles. The number of halogens is 3. The smallest absolute Gasteiger partial charge is 0.255 e. The standard InChI is InChI=1S/C29H24Cl2FN3O/c1-17-11-18(2)33-27(17)13-21-16-35(15-19-3-9-25(30)26(31)12-19)28-10-8-23(14-24(21)28)34-29(36)20-4-6-22(32)7-5-20/h3-14,33H,15-16H2,1-2H3,(H,34,36)/b21-13+. The molecule has 2 N–H and O–H groups in total. The normalized spacial score (nSPS) is 13.8. The number of aromatic amines is 1. The molecule has 1 aromatic heterocycles. The zero-order valence-electron chi connectivity index (χ0n) is 19.8. The van der Waals surface area contributed by atoms with Gasteiger partial charge in [-0.1, -0.05) is 29.3 Å². The summed E-state index contributed by atoms with van der Waals surface area (Å²) in [4.78, 5) is 18.4. The number of benzene rings is 3. The van der Waals surface area contributed by atoms with Crippen molar-refractivity contribution < 1.29 is 9.18 Å². The molecule has 0 radical (unpaired) electrons.